The van der Waals surface area contributed by atoms with Gasteiger partial charge in [-0.15, -0.1) is 0 Å². The van der Waals surface area contributed by atoms with Gasteiger partial charge < -0.3 is 10.0 Å². The van der Waals surface area contributed by atoms with Crippen LogP contribution >= 0.6 is 0 Å². The van der Waals surface area contributed by atoms with E-state index in [9.17, 15) is 9.90 Å². The normalized spacial score (nSPS) is 15.5. The minimum absolute atomic E-state index is 0.00289. The van der Waals surface area contributed by atoms with Gasteiger partial charge in [-0.05, 0) is 75.1 Å². The monoisotopic (exact) mass is 376 g/mol. The molecule has 0 saturated carbocycles. The number of anilines is 1. The second-order valence-electron chi connectivity index (χ2n) is 7.97. The Hall–Kier alpha value is -2.88. The van der Waals surface area contributed by atoms with E-state index in [0.29, 0.717) is 5.69 Å². The average molecular weight is 377 g/mol. The molecule has 0 amide bonds. The van der Waals surface area contributed by atoms with Gasteiger partial charge in [-0.2, -0.15) is 0 Å². The first kappa shape index (κ1) is 19.9. The third-order valence-electron chi connectivity index (χ3n) is 5.26. The van der Waals surface area contributed by atoms with Crippen LogP contribution < -0.4 is 4.90 Å². The van der Waals surface area contributed by atoms with Gasteiger partial charge in [-0.3, -0.25) is 4.99 Å². The Morgan fingerprint density at radius 3 is 2.61 bits per heavy atom. The number of allylic oxidation sites excluding steroid dienone is 1. The number of aliphatic imine (C=N–C) groups is 1. The topological polar surface area (TPSA) is 52.9 Å². The Morgan fingerprint density at radius 1 is 1.18 bits per heavy atom. The lowest BCUT2D eigenvalue weighted by Gasteiger charge is -2.43. The van der Waals surface area contributed by atoms with Crippen LogP contribution in [0.2, 0.25) is 0 Å². The molecule has 1 aliphatic heterocycles. The van der Waals surface area contributed by atoms with Gasteiger partial charge in [0.25, 0.3) is 0 Å². The summed E-state index contributed by atoms with van der Waals surface area (Å²) in [5.41, 5.74) is 6.64. The molecule has 28 heavy (non-hydrogen) atoms. The number of benzene rings is 2. The van der Waals surface area contributed by atoms with Crippen LogP contribution in [0.1, 0.15) is 61.2 Å². The predicted octanol–water partition coefficient (Wildman–Crippen LogP) is 5.86. The molecule has 1 N–H and O–H groups in total. The maximum Gasteiger partial charge on any atom is 0.335 e. The molecular weight excluding hydrogens is 348 g/mol. The second kappa shape index (κ2) is 7.63. The van der Waals surface area contributed by atoms with E-state index >= 15 is 0 Å². The van der Waals surface area contributed by atoms with E-state index in [0.717, 1.165) is 24.1 Å². The maximum atomic E-state index is 11.2. The minimum atomic E-state index is -0.940. The molecule has 0 saturated heterocycles. The number of aromatic carboxylic acids is 1. The van der Waals surface area contributed by atoms with Crippen molar-refractivity contribution >= 4 is 29.1 Å². The summed E-state index contributed by atoms with van der Waals surface area (Å²) in [6.45, 7) is 11.8. The van der Waals surface area contributed by atoms with Crippen molar-refractivity contribution in [1.29, 1.82) is 0 Å². The Balaban J connectivity index is 1.97. The standard InChI is InChI=1S/C24H28N2O2/c1-6-11-26-22-10-8-18(12-20(22)17(3)14-24(26,4)5)15-25-21-13-19(23(27)28)9-7-16(21)2/h7-10,12-15H,6,11H2,1-5H3,(H,27,28). The third kappa shape index (κ3) is 3.86. The van der Waals surface area contributed by atoms with Gasteiger partial charge in [-0.25, -0.2) is 4.79 Å². The molecule has 3 rings (SSSR count). The SMILES string of the molecule is CCCN1c2ccc(C=Nc3cc(C(=O)O)ccc3C)cc2C(C)=CC1(C)C. The smallest absolute Gasteiger partial charge is 0.335 e. The lowest BCUT2D eigenvalue weighted by atomic mass is 9.88. The summed E-state index contributed by atoms with van der Waals surface area (Å²) >= 11 is 0. The summed E-state index contributed by atoms with van der Waals surface area (Å²) in [5, 5.41) is 9.20. The molecular formula is C24H28N2O2. The number of rotatable bonds is 5. The highest BCUT2D eigenvalue weighted by Gasteiger charge is 2.30. The number of carbonyl (C=O) groups is 1. The van der Waals surface area contributed by atoms with Crippen LogP contribution in [0.25, 0.3) is 5.57 Å². The summed E-state index contributed by atoms with van der Waals surface area (Å²) in [7, 11) is 0. The van der Waals surface area contributed by atoms with E-state index in [4.69, 9.17) is 0 Å². The van der Waals surface area contributed by atoms with Crippen molar-refractivity contribution in [2.24, 2.45) is 4.99 Å². The zero-order chi connectivity index (χ0) is 20.5. The Bertz CT molecular complexity index is 971. The Kier molecular flexibility index (Phi) is 5.41. The predicted molar refractivity (Wildman–Crippen MR) is 117 cm³/mol. The van der Waals surface area contributed by atoms with Gasteiger partial charge in [0.2, 0.25) is 0 Å². The molecule has 2 aromatic rings. The first-order valence-corrected chi connectivity index (χ1v) is 9.72. The van der Waals surface area contributed by atoms with Crippen molar-refractivity contribution in [1.82, 2.24) is 0 Å². The van der Waals surface area contributed by atoms with E-state index in [1.165, 1.54) is 16.8 Å². The summed E-state index contributed by atoms with van der Waals surface area (Å²) in [6, 6.07) is 11.4. The van der Waals surface area contributed by atoms with E-state index in [1.54, 1.807) is 18.2 Å². The lowest BCUT2D eigenvalue weighted by Crippen LogP contribution is -2.45. The fraction of sp³-hybridized carbons (Fsp3) is 0.333. The fourth-order valence-electron chi connectivity index (χ4n) is 3.84. The van der Waals surface area contributed by atoms with Crippen LogP contribution in [0.4, 0.5) is 11.4 Å². The van der Waals surface area contributed by atoms with Crippen LogP contribution in [-0.2, 0) is 0 Å². The van der Waals surface area contributed by atoms with Crippen molar-refractivity contribution in [2.75, 3.05) is 11.4 Å². The van der Waals surface area contributed by atoms with Gasteiger partial charge in [-0.1, -0.05) is 25.1 Å². The van der Waals surface area contributed by atoms with Gasteiger partial charge in [0, 0.05) is 24.0 Å². The van der Waals surface area contributed by atoms with Crippen LogP contribution in [0, 0.1) is 6.92 Å². The number of hydrogen-bond acceptors (Lipinski definition) is 3. The number of nitrogens with zero attached hydrogens (tertiary/aromatic N) is 2. The average Bonchev–Trinajstić information content (AvgIpc) is 2.64. The first-order chi connectivity index (χ1) is 13.2. The van der Waals surface area contributed by atoms with Gasteiger partial charge in [0.05, 0.1) is 16.8 Å². The van der Waals surface area contributed by atoms with E-state index < -0.39 is 5.97 Å². The Labute approximate surface area is 167 Å². The van der Waals surface area contributed by atoms with Crippen LogP contribution in [0.3, 0.4) is 0 Å². The molecule has 0 fully saturated rings. The summed E-state index contributed by atoms with van der Waals surface area (Å²) in [5.74, 6) is -0.940. The first-order valence-electron chi connectivity index (χ1n) is 9.72. The largest absolute Gasteiger partial charge is 0.478 e. The molecule has 1 heterocycles. The number of fused-ring (bicyclic) bond motifs is 1. The zero-order valence-corrected chi connectivity index (χ0v) is 17.3. The molecule has 0 aliphatic carbocycles. The third-order valence-corrected chi connectivity index (χ3v) is 5.26. The molecule has 4 nitrogen and oxygen atoms in total. The second-order valence-corrected chi connectivity index (χ2v) is 7.97. The summed E-state index contributed by atoms with van der Waals surface area (Å²) < 4.78 is 0. The number of carboxylic acids is 1. The van der Waals surface area contributed by atoms with Gasteiger partial charge >= 0.3 is 5.97 Å². The van der Waals surface area contributed by atoms with Crippen molar-refractivity contribution in [3.05, 3.63) is 64.7 Å². The van der Waals surface area contributed by atoms with Crippen molar-refractivity contribution in [2.45, 2.75) is 46.6 Å². The highest BCUT2D eigenvalue weighted by molar-refractivity contribution is 5.91. The number of carboxylic acid groups (broad SMARTS) is 1. The summed E-state index contributed by atoms with van der Waals surface area (Å²) in [4.78, 5) is 18.2. The summed E-state index contributed by atoms with van der Waals surface area (Å²) in [6.07, 6.45) is 5.23. The fourth-order valence-corrected chi connectivity index (χ4v) is 3.84. The molecule has 0 bridgehead atoms. The molecule has 0 unspecified atom stereocenters. The number of aryl methyl sites for hydroxylation is 1. The molecule has 0 aromatic heterocycles. The molecule has 146 valence electrons. The molecule has 0 spiro atoms. The lowest BCUT2D eigenvalue weighted by molar-refractivity contribution is 0.0697. The Morgan fingerprint density at radius 2 is 1.93 bits per heavy atom. The quantitative estimate of drug-likeness (QED) is 0.665. The van der Waals surface area contributed by atoms with Gasteiger partial charge in [0.15, 0.2) is 0 Å². The van der Waals surface area contributed by atoms with Crippen LogP contribution in [0.5, 0.6) is 0 Å². The highest BCUT2D eigenvalue weighted by atomic mass is 16.4. The van der Waals surface area contributed by atoms with E-state index in [1.807, 2.05) is 13.1 Å². The highest BCUT2D eigenvalue weighted by Crippen LogP contribution is 2.39. The van der Waals surface area contributed by atoms with Crippen molar-refractivity contribution < 1.29 is 9.90 Å². The zero-order valence-electron chi connectivity index (χ0n) is 17.3. The minimum Gasteiger partial charge on any atom is -0.478 e. The molecule has 2 aromatic carbocycles. The number of hydrogen-bond donors (Lipinski definition) is 1. The van der Waals surface area contributed by atoms with E-state index in [2.05, 4.69) is 61.9 Å². The van der Waals surface area contributed by atoms with Crippen molar-refractivity contribution in [3.8, 4) is 0 Å². The molecule has 0 radical (unpaired) electrons. The molecule has 1 aliphatic rings. The van der Waals surface area contributed by atoms with Gasteiger partial charge in [0.1, 0.15) is 0 Å². The molecule has 4 heteroatoms. The molecule has 0 atom stereocenters. The maximum absolute atomic E-state index is 11.2. The van der Waals surface area contributed by atoms with Crippen LogP contribution in [-0.4, -0.2) is 29.4 Å². The van der Waals surface area contributed by atoms with Crippen LogP contribution in [0.15, 0.2) is 47.5 Å². The van der Waals surface area contributed by atoms with Crippen molar-refractivity contribution in [3.63, 3.8) is 0 Å². The van der Waals surface area contributed by atoms with E-state index in [-0.39, 0.29) is 11.1 Å².